The summed E-state index contributed by atoms with van der Waals surface area (Å²) in [6.45, 7) is 0. The molecule has 0 atom stereocenters. The lowest BCUT2D eigenvalue weighted by atomic mass is 10.2. The molecule has 1 amide bonds. The first kappa shape index (κ1) is 22.9. The van der Waals surface area contributed by atoms with Gasteiger partial charge in [0.15, 0.2) is 0 Å². The first-order valence-corrected chi connectivity index (χ1v) is 9.66. The van der Waals surface area contributed by atoms with E-state index in [2.05, 4.69) is 10.5 Å². The van der Waals surface area contributed by atoms with Gasteiger partial charge in [-0.15, -0.1) is 0 Å². The molecule has 0 fully saturated rings. The average molecular weight is 445 g/mol. The Labute approximate surface area is 189 Å². The van der Waals surface area contributed by atoms with Gasteiger partial charge in [0.2, 0.25) is 0 Å². The van der Waals surface area contributed by atoms with E-state index in [1.54, 1.807) is 49.6 Å². The molecule has 0 unspecified atom stereocenters. The molecule has 1 N–H and O–H groups in total. The Morgan fingerprint density at radius 3 is 2.30 bits per heavy atom. The minimum absolute atomic E-state index is 0.117. The molecule has 9 heteroatoms. The number of nitro groups is 1. The van der Waals surface area contributed by atoms with Crippen LogP contribution in [0.2, 0.25) is 0 Å². The molecule has 0 radical (unpaired) electrons. The average Bonchev–Trinajstić information content (AvgIpc) is 2.84. The summed E-state index contributed by atoms with van der Waals surface area (Å²) in [4.78, 5) is 34.3. The summed E-state index contributed by atoms with van der Waals surface area (Å²) >= 11 is 0. The Hall–Kier alpha value is -4.79. The monoisotopic (exact) mass is 445 g/mol. The molecule has 3 aromatic carbocycles. The van der Waals surface area contributed by atoms with Crippen LogP contribution in [0, 0.1) is 10.1 Å². The highest BCUT2D eigenvalue weighted by Crippen LogP contribution is 2.15. The highest BCUT2D eigenvalue weighted by Gasteiger charge is 2.10. The van der Waals surface area contributed by atoms with Crippen molar-refractivity contribution >= 4 is 29.9 Å². The van der Waals surface area contributed by atoms with Crippen molar-refractivity contribution in [3.05, 3.63) is 106 Å². The Morgan fingerprint density at radius 1 is 0.970 bits per heavy atom. The van der Waals surface area contributed by atoms with E-state index in [0.717, 1.165) is 17.4 Å². The molecule has 0 heterocycles. The van der Waals surface area contributed by atoms with E-state index in [0.29, 0.717) is 11.3 Å². The van der Waals surface area contributed by atoms with Crippen LogP contribution < -0.4 is 14.9 Å². The second-order valence-corrected chi connectivity index (χ2v) is 6.60. The Balaban J connectivity index is 1.52. The van der Waals surface area contributed by atoms with Gasteiger partial charge in [0.25, 0.3) is 11.6 Å². The fourth-order valence-electron chi connectivity index (χ4n) is 2.64. The molecule has 33 heavy (non-hydrogen) atoms. The second-order valence-electron chi connectivity index (χ2n) is 6.60. The third kappa shape index (κ3) is 6.86. The van der Waals surface area contributed by atoms with Gasteiger partial charge in [0.1, 0.15) is 11.5 Å². The molecule has 0 saturated heterocycles. The van der Waals surface area contributed by atoms with E-state index in [9.17, 15) is 19.7 Å². The number of hydrogen-bond acceptors (Lipinski definition) is 7. The number of carbonyl (C=O) groups excluding carboxylic acids is 2. The zero-order valence-electron chi connectivity index (χ0n) is 17.5. The van der Waals surface area contributed by atoms with Crippen LogP contribution in [0.1, 0.15) is 21.5 Å². The first-order valence-electron chi connectivity index (χ1n) is 9.66. The van der Waals surface area contributed by atoms with E-state index < -0.39 is 16.8 Å². The van der Waals surface area contributed by atoms with Crippen LogP contribution >= 0.6 is 0 Å². The van der Waals surface area contributed by atoms with Crippen molar-refractivity contribution in [2.24, 2.45) is 5.10 Å². The van der Waals surface area contributed by atoms with E-state index in [-0.39, 0.29) is 11.3 Å². The molecule has 0 bridgehead atoms. The SMILES string of the molecule is COc1ccc(/C=C/C(=O)Oc2ccc(/C=N\NC(=O)c3cccc([N+](=O)[O-])c3)cc2)cc1. The zero-order valence-corrected chi connectivity index (χ0v) is 17.5. The number of esters is 1. The summed E-state index contributed by atoms with van der Waals surface area (Å²) in [5.74, 6) is -0.0419. The molecule has 0 saturated carbocycles. The summed E-state index contributed by atoms with van der Waals surface area (Å²) in [6.07, 6.45) is 4.35. The van der Waals surface area contributed by atoms with Crippen LogP contribution in [-0.4, -0.2) is 30.1 Å². The molecule has 9 nitrogen and oxygen atoms in total. The Morgan fingerprint density at radius 2 is 1.64 bits per heavy atom. The smallest absolute Gasteiger partial charge is 0.336 e. The summed E-state index contributed by atoms with van der Waals surface area (Å²) < 4.78 is 10.3. The zero-order chi connectivity index (χ0) is 23.6. The molecular weight excluding hydrogens is 426 g/mol. The number of carbonyl (C=O) groups is 2. The van der Waals surface area contributed by atoms with E-state index in [4.69, 9.17) is 9.47 Å². The van der Waals surface area contributed by atoms with Crippen molar-refractivity contribution in [2.45, 2.75) is 0 Å². The largest absolute Gasteiger partial charge is 0.497 e. The quantitative estimate of drug-likeness (QED) is 0.140. The fraction of sp³-hybridized carbons (Fsp3) is 0.0417. The van der Waals surface area contributed by atoms with Crippen molar-refractivity contribution in [2.75, 3.05) is 7.11 Å². The lowest BCUT2D eigenvalue weighted by Crippen LogP contribution is -2.17. The van der Waals surface area contributed by atoms with Crippen molar-refractivity contribution in [1.29, 1.82) is 0 Å². The van der Waals surface area contributed by atoms with E-state index in [1.807, 2.05) is 12.1 Å². The fourth-order valence-corrected chi connectivity index (χ4v) is 2.64. The number of nitro benzene ring substituents is 1. The molecule has 0 aliphatic heterocycles. The maximum Gasteiger partial charge on any atom is 0.336 e. The third-order valence-electron chi connectivity index (χ3n) is 4.33. The maximum absolute atomic E-state index is 12.1. The maximum atomic E-state index is 12.1. The summed E-state index contributed by atoms with van der Waals surface area (Å²) in [5, 5.41) is 14.6. The number of nitrogens with one attached hydrogen (secondary N) is 1. The molecule has 3 rings (SSSR count). The third-order valence-corrected chi connectivity index (χ3v) is 4.33. The van der Waals surface area contributed by atoms with Crippen LogP contribution in [0.4, 0.5) is 5.69 Å². The van der Waals surface area contributed by atoms with Gasteiger partial charge in [-0.25, -0.2) is 10.2 Å². The number of ether oxygens (including phenoxy) is 2. The van der Waals surface area contributed by atoms with Crippen molar-refractivity contribution in [3.8, 4) is 11.5 Å². The number of methoxy groups -OCH3 is 1. The summed E-state index contributed by atoms with van der Waals surface area (Å²) in [6, 6.07) is 19.0. The van der Waals surface area contributed by atoms with Gasteiger partial charge in [0.05, 0.1) is 18.2 Å². The normalized spacial score (nSPS) is 10.8. The van der Waals surface area contributed by atoms with Crippen molar-refractivity contribution < 1.29 is 24.0 Å². The molecule has 0 aromatic heterocycles. The highest BCUT2D eigenvalue weighted by molar-refractivity contribution is 5.95. The van der Waals surface area contributed by atoms with Crippen LogP contribution in [0.3, 0.4) is 0 Å². The van der Waals surface area contributed by atoms with Crippen LogP contribution in [0.15, 0.2) is 84.0 Å². The number of rotatable bonds is 8. The van der Waals surface area contributed by atoms with Gasteiger partial charge in [0, 0.05) is 23.8 Å². The first-order chi connectivity index (χ1) is 15.9. The standard InChI is InChI=1S/C24H19N3O6/c1-32-21-10-5-17(6-11-21)9-14-23(28)33-22-12-7-18(8-13-22)16-25-26-24(29)19-3-2-4-20(15-19)27(30)31/h2-16H,1H3,(H,26,29)/b14-9+,25-16-. The van der Waals surface area contributed by atoms with Gasteiger partial charge in [-0.05, 0) is 59.7 Å². The van der Waals surface area contributed by atoms with Crippen LogP contribution in [0.5, 0.6) is 11.5 Å². The van der Waals surface area contributed by atoms with Crippen molar-refractivity contribution in [1.82, 2.24) is 5.43 Å². The molecule has 0 aliphatic carbocycles. The number of hydrazone groups is 1. The molecule has 3 aromatic rings. The Kier molecular flexibility index (Phi) is 7.63. The number of amides is 1. The number of hydrogen-bond donors (Lipinski definition) is 1. The van der Waals surface area contributed by atoms with Crippen LogP contribution in [0.25, 0.3) is 6.08 Å². The second kappa shape index (κ2) is 11.0. The number of non-ortho nitro benzene ring substituents is 1. The van der Waals surface area contributed by atoms with Gasteiger partial charge in [-0.2, -0.15) is 5.10 Å². The lowest BCUT2D eigenvalue weighted by molar-refractivity contribution is -0.384. The summed E-state index contributed by atoms with van der Waals surface area (Å²) in [7, 11) is 1.58. The van der Waals surface area contributed by atoms with Gasteiger partial charge in [-0.3, -0.25) is 14.9 Å². The molecular formula is C24H19N3O6. The number of nitrogens with zero attached hydrogens (tertiary/aromatic N) is 2. The highest BCUT2D eigenvalue weighted by atomic mass is 16.6. The minimum atomic E-state index is -0.580. The van der Waals surface area contributed by atoms with Crippen molar-refractivity contribution in [3.63, 3.8) is 0 Å². The molecule has 0 aliphatic rings. The van der Waals surface area contributed by atoms with Gasteiger partial charge < -0.3 is 9.47 Å². The Bertz CT molecular complexity index is 1200. The molecule has 0 spiro atoms. The predicted octanol–water partition coefficient (Wildman–Crippen LogP) is 3.99. The topological polar surface area (TPSA) is 120 Å². The van der Waals surface area contributed by atoms with Crippen LogP contribution in [-0.2, 0) is 4.79 Å². The number of benzene rings is 3. The van der Waals surface area contributed by atoms with E-state index >= 15 is 0 Å². The van der Waals surface area contributed by atoms with Gasteiger partial charge >= 0.3 is 5.97 Å². The summed E-state index contributed by atoms with van der Waals surface area (Å²) in [5.41, 5.74) is 3.70. The lowest BCUT2D eigenvalue weighted by Gasteiger charge is -2.02. The predicted molar refractivity (Wildman–Crippen MR) is 122 cm³/mol. The van der Waals surface area contributed by atoms with Gasteiger partial charge in [-0.1, -0.05) is 18.2 Å². The molecule has 166 valence electrons. The van der Waals surface area contributed by atoms with E-state index in [1.165, 1.54) is 30.5 Å². The minimum Gasteiger partial charge on any atom is -0.497 e.